The van der Waals surface area contributed by atoms with E-state index in [9.17, 15) is 0 Å². The van der Waals surface area contributed by atoms with E-state index >= 15 is 0 Å². The number of unbranched alkanes of at least 4 members (excludes halogenated alkanes) is 1. The van der Waals surface area contributed by atoms with Crippen LogP contribution in [0.2, 0.25) is 0 Å². The van der Waals surface area contributed by atoms with Crippen LogP contribution < -0.4 is 10.6 Å². The van der Waals surface area contributed by atoms with E-state index in [1.807, 2.05) is 14.0 Å². The molecule has 0 radical (unpaired) electrons. The van der Waals surface area contributed by atoms with Crippen LogP contribution in [0.25, 0.3) is 0 Å². The van der Waals surface area contributed by atoms with Gasteiger partial charge >= 0.3 is 0 Å². The maximum absolute atomic E-state index is 5.33. The molecule has 1 rings (SSSR count). The Bertz CT molecular complexity index is 429. The van der Waals surface area contributed by atoms with Crippen LogP contribution in [-0.2, 0) is 10.2 Å². The lowest BCUT2D eigenvalue weighted by Crippen LogP contribution is -2.43. The van der Waals surface area contributed by atoms with Gasteiger partial charge in [-0.1, -0.05) is 44.2 Å². The molecule has 0 saturated heterocycles. The van der Waals surface area contributed by atoms with Gasteiger partial charge in [0.05, 0.1) is 0 Å². The summed E-state index contributed by atoms with van der Waals surface area (Å²) in [4.78, 5) is 4.28. The quantitative estimate of drug-likeness (QED) is 0.419. The molecule has 0 saturated carbocycles. The van der Waals surface area contributed by atoms with E-state index in [1.54, 1.807) is 0 Å². The maximum Gasteiger partial charge on any atom is 0.191 e. The summed E-state index contributed by atoms with van der Waals surface area (Å²) in [5.74, 6) is 0.861. The smallest absolute Gasteiger partial charge is 0.191 e. The van der Waals surface area contributed by atoms with Crippen LogP contribution in [0.5, 0.6) is 0 Å². The van der Waals surface area contributed by atoms with Gasteiger partial charge in [-0.3, -0.25) is 4.99 Å². The number of nitrogens with zero attached hydrogens (tertiary/aromatic N) is 1. The zero-order valence-electron chi connectivity index (χ0n) is 14.5. The highest BCUT2D eigenvalue weighted by atomic mass is 16.5. The number of aliphatic imine (C=N–C) groups is 1. The van der Waals surface area contributed by atoms with Gasteiger partial charge in [-0.2, -0.15) is 0 Å². The second-order valence-corrected chi connectivity index (χ2v) is 6.01. The monoisotopic (exact) mass is 305 g/mol. The Kier molecular flexibility index (Phi) is 8.60. The minimum absolute atomic E-state index is 0.0633. The minimum atomic E-state index is 0.0633. The van der Waals surface area contributed by atoms with Gasteiger partial charge in [-0.05, 0) is 25.3 Å². The van der Waals surface area contributed by atoms with Crippen molar-refractivity contribution in [3.05, 3.63) is 35.9 Å². The number of hydrogen-bond acceptors (Lipinski definition) is 2. The average molecular weight is 305 g/mol. The molecule has 0 amide bonds. The molecule has 0 aliphatic rings. The lowest BCUT2D eigenvalue weighted by atomic mass is 9.85. The maximum atomic E-state index is 5.33. The van der Waals surface area contributed by atoms with Crippen LogP contribution in [0.15, 0.2) is 35.3 Å². The Morgan fingerprint density at radius 2 is 1.86 bits per heavy atom. The average Bonchev–Trinajstić information content (AvgIpc) is 2.54. The van der Waals surface area contributed by atoms with Crippen LogP contribution in [0, 0.1) is 0 Å². The second kappa shape index (κ2) is 10.2. The molecule has 0 heterocycles. The van der Waals surface area contributed by atoms with E-state index in [1.165, 1.54) is 5.56 Å². The zero-order valence-corrected chi connectivity index (χ0v) is 14.5. The van der Waals surface area contributed by atoms with Gasteiger partial charge in [-0.25, -0.2) is 0 Å². The number of guanidine groups is 1. The third kappa shape index (κ3) is 6.94. The Balaban J connectivity index is 2.31. The Hall–Kier alpha value is -1.55. The number of nitrogens with one attached hydrogen (secondary N) is 2. The fraction of sp³-hybridized carbons (Fsp3) is 0.611. The van der Waals surface area contributed by atoms with Crippen molar-refractivity contribution in [3.63, 3.8) is 0 Å². The SMILES string of the molecule is CCOCCCCNC(=NC)NCC(C)(C)c1ccccc1. The molecular weight excluding hydrogens is 274 g/mol. The number of ether oxygens (including phenoxy) is 1. The van der Waals surface area contributed by atoms with Gasteiger partial charge in [0.15, 0.2) is 5.96 Å². The van der Waals surface area contributed by atoms with Crippen molar-refractivity contribution < 1.29 is 4.74 Å². The molecule has 2 N–H and O–H groups in total. The van der Waals surface area contributed by atoms with Crippen molar-refractivity contribution in [2.75, 3.05) is 33.4 Å². The molecule has 0 aliphatic carbocycles. The molecule has 124 valence electrons. The van der Waals surface area contributed by atoms with E-state index in [0.717, 1.165) is 45.1 Å². The summed E-state index contributed by atoms with van der Waals surface area (Å²) in [5.41, 5.74) is 1.39. The molecule has 0 aromatic heterocycles. The van der Waals surface area contributed by atoms with Gasteiger partial charge in [0.2, 0.25) is 0 Å². The van der Waals surface area contributed by atoms with Crippen molar-refractivity contribution in [1.82, 2.24) is 10.6 Å². The normalized spacial score (nSPS) is 12.3. The Morgan fingerprint density at radius 3 is 2.50 bits per heavy atom. The largest absolute Gasteiger partial charge is 0.382 e. The second-order valence-electron chi connectivity index (χ2n) is 6.01. The molecule has 0 fully saturated rings. The van der Waals surface area contributed by atoms with Crippen LogP contribution in [0.3, 0.4) is 0 Å². The van der Waals surface area contributed by atoms with Crippen LogP contribution in [0.4, 0.5) is 0 Å². The van der Waals surface area contributed by atoms with Gasteiger partial charge in [-0.15, -0.1) is 0 Å². The summed E-state index contributed by atoms with van der Waals surface area (Å²) in [5, 5.41) is 6.77. The van der Waals surface area contributed by atoms with Crippen molar-refractivity contribution in [3.8, 4) is 0 Å². The van der Waals surface area contributed by atoms with Crippen LogP contribution in [-0.4, -0.2) is 39.3 Å². The van der Waals surface area contributed by atoms with Gasteiger partial charge in [0.1, 0.15) is 0 Å². The van der Waals surface area contributed by atoms with Gasteiger partial charge in [0.25, 0.3) is 0 Å². The van der Waals surface area contributed by atoms with Crippen molar-refractivity contribution in [1.29, 1.82) is 0 Å². The van der Waals surface area contributed by atoms with E-state index in [4.69, 9.17) is 4.74 Å². The minimum Gasteiger partial charge on any atom is -0.382 e. The third-order valence-electron chi connectivity index (χ3n) is 3.69. The van der Waals surface area contributed by atoms with E-state index in [0.29, 0.717) is 0 Å². The lowest BCUT2D eigenvalue weighted by molar-refractivity contribution is 0.143. The molecule has 22 heavy (non-hydrogen) atoms. The molecular formula is C18H31N3O. The highest BCUT2D eigenvalue weighted by Gasteiger charge is 2.20. The summed E-state index contributed by atoms with van der Waals surface area (Å²) < 4.78 is 5.33. The highest BCUT2D eigenvalue weighted by molar-refractivity contribution is 5.79. The number of hydrogen-bond donors (Lipinski definition) is 2. The molecule has 0 atom stereocenters. The van der Waals surface area contributed by atoms with E-state index in [2.05, 4.69) is 59.8 Å². The fourth-order valence-electron chi connectivity index (χ4n) is 2.20. The molecule has 0 bridgehead atoms. The Labute approximate surface area is 135 Å². The predicted molar refractivity (Wildman–Crippen MR) is 94.6 cm³/mol. The molecule has 4 nitrogen and oxygen atoms in total. The van der Waals surface area contributed by atoms with Gasteiger partial charge < -0.3 is 15.4 Å². The van der Waals surface area contributed by atoms with Crippen molar-refractivity contribution >= 4 is 5.96 Å². The van der Waals surface area contributed by atoms with Crippen LogP contribution >= 0.6 is 0 Å². The summed E-state index contributed by atoms with van der Waals surface area (Å²) in [7, 11) is 1.81. The molecule has 1 aromatic rings. The van der Waals surface area contributed by atoms with Crippen molar-refractivity contribution in [2.24, 2.45) is 4.99 Å². The molecule has 0 unspecified atom stereocenters. The number of benzene rings is 1. The first-order valence-corrected chi connectivity index (χ1v) is 8.18. The summed E-state index contributed by atoms with van der Waals surface area (Å²) >= 11 is 0. The van der Waals surface area contributed by atoms with E-state index < -0.39 is 0 Å². The molecule has 0 aliphatic heterocycles. The summed E-state index contributed by atoms with van der Waals surface area (Å²) in [6.45, 7) is 9.90. The first-order valence-electron chi connectivity index (χ1n) is 8.18. The topological polar surface area (TPSA) is 45.6 Å². The van der Waals surface area contributed by atoms with E-state index in [-0.39, 0.29) is 5.41 Å². The van der Waals surface area contributed by atoms with Crippen molar-refractivity contribution in [2.45, 2.75) is 39.0 Å². The molecule has 4 heteroatoms. The third-order valence-corrected chi connectivity index (χ3v) is 3.69. The predicted octanol–water partition coefficient (Wildman–Crippen LogP) is 2.95. The fourth-order valence-corrected chi connectivity index (χ4v) is 2.20. The molecule has 0 spiro atoms. The van der Waals surface area contributed by atoms with Crippen LogP contribution in [0.1, 0.15) is 39.2 Å². The first-order chi connectivity index (χ1) is 10.6. The zero-order chi connectivity index (χ0) is 16.3. The first kappa shape index (κ1) is 18.5. The lowest BCUT2D eigenvalue weighted by Gasteiger charge is -2.26. The number of rotatable bonds is 9. The van der Waals surface area contributed by atoms with Gasteiger partial charge in [0, 0.05) is 38.8 Å². The highest BCUT2D eigenvalue weighted by Crippen LogP contribution is 2.21. The Morgan fingerprint density at radius 1 is 1.14 bits per heavy atom. The summed E-state index contributed by atoms with van der Waals surface area (Å²) in [6, 6.07) is 10.6. The summed E-state index contributed by atoms with van der Waals surface area (Å²) in [6.07, 6.45) is 2.16. The molecule has 1 aromatic carbocycles. The standard InChI is InChI=1S/C18H31N3O/c1-5-22-14-10-9-13-20-17(19-4)21-15-18(2,3)16-11-7-6-8-12-16/h6-8,11-12H,5,9-10,13-15H2,1-4H3,(H2,19,20,21).